The molecule has 122 valence electrons. The Morgan fingerprint density at radius 3 is 2.78 bits per heavy atom. The van der Waals surface area contributed by atoms with Gasteiger partial charge in [-0.15, -0.1) is 5.10 Å². The summed E-state index contributed by atoms with van der Waals surface area (Å²) >= 11 is 5.49. The summed E-state index contributed by atoms with van der Waals surface area (Å²) in [6.07, 6.45) is 2.31. The molecule has 1 aromatic heterocycles. The Kier molecular flexibility index (Phi) is 5.75. The van der Waals surface area contributed by atoms with Gasteiger partial charge < -0.3 is 9.64 Å². The number of hydrogen-bond acceptors (Lipinski definition) is 6. The number of rotatable bonds is 6. The molecule has 0 aliphatic heterocycles. The Morgan fingerprint density at radius 1 is 1.39 bits per heavy atom. The first-order valence-electron chi connectivity index (χ1n) is 7.24. The second-order valence-corrected chi connectivity index (χ2v) is 5.56. The first-order chi connectivity index (χ1) is 11.0. The van der Waals surface area contributed by atoms with Crippen molar-refractivity contribution in [2.75, 3.05) is 11.9 Å². The van der Waals surface area contributed by atoms with Gasteiger partial charge in [-0.2, -0.15) is 0 Å². The first-order valence-corrected chi connectivity index (χ1v) is 7.65. The van der Waals surface area contributed by atoms with Gasteiger partial charge in [0.05, 0.1) is 10.7 Å². The van der Waals surface area contributed by atoms with Gasteiger partial charge in [-0.25, -0.2) is 4.68 Å². The van der Waals surface area contributed by atoms with Crippen LogP contribution in [-0.4, -0.2) is 38.2 Å². The molecule has 0 aliphatic carbocycles. The molecule has 1 aromatic carbocycles. The summed E-state index contributed by atoms with van der Waals surface area (Å²) < 4.78 is 6.88. The van der Waals surface area contributed by atoms with Crippen LogP contribution in [0.2, 0.25) is 0 Å². The molecule has 0 amide bonds. The van der Waals surface area contributed by atoms with Crippen molar-refractivity contribution in [3.8, 4) is 5.75 Å². The lowest BCUT2D eigenvalue weighted by atomic mass is 10.2. The second kappa shape index (κ2) is 7.77. The molecule has 8 heteroatoms. The minimum Gasteiger partial charge on any atom is -0.424 e. The zero-order valence-electron chi connectivity index (χ0n) is 13.4. The minimum absolute atomic E-state index is 0.355. The lowest BCUT2D eigenvalue weighted by Gasteiger charge is -2.22. The third-order valence-corrected chi connectivity index (χ3v) is 3.83. The number of nitrogens with zero attached hydrogens (tertiary/aromatic N) is 5. The van der Waals surface area contributed by atoms with Crippen LogP contribution in [0.3, 0.4) is 0 Å². The number of esters is 1. The number of hydrogen-bond donors (Lipinski definition) is 0. The van der Waals surface area contributed by atoms with Gasteiger partial charge in [0.1, 0.15) is 0 Å². The number of para-hydroxylation sites is 2. The van der Waals surface area contributed by atoms with E-state index in [1.54, 1.807) is 10.7 Å². The largest absolute Gasteiger partial charge is 0.424 e. The Labute approximate surface area is 140 Å². The van der Waals surface area contributed by atoms with Crippen molar-refractivity contribution in [1.29, 1.82) is 0 Å². The lowest BCUT2D eigenvalue weighted by Crippen LogP contribution is -2.25. The van der Waals surface area contributed by atoms with E-state index in [1.807, 2.05) is 37.2 Å². The van der Waals surface area contributed by atoms with Crippen molar-refractivity contribution in [3.05, 3.63) is 30.1 Å². The van der Waals surface area contributed by atoms with Gasteiger partial charge >= 0.3 is 5.97 Å². The number of carbonyl (C=O) groups excluding carboxylic acids is 1. The summed E-state index contributed by atoms with van der Waals surface area (Å²) in [5, 5.41) is 11.4. The highest BCUT2D eigenvalue weighted by Crippen LogP contribution is 2.28. The van der Waals surface area contributed by atoms with E-state index in [-0.39, 0.29) is 5.97 Å². The molecule has 23 heavy (non-hydrogen) atoms. The number of thiocarbonyl (C=S) groups is 1. The highest BCUT2D eigenvalue weighted by atomic mass is 32.1. The summed E-state index contributed by atoms with van der Waals surface area (Å²) in [6.45, 7) is 1.38. The fourth-order valence-electron chi connectivity index (χ4n) is 2.13. The summed E-state index contributed by atoms with van der Waals surface area (Å²) in [6, 6.07) is 7.32. The van der Waals surface area contributed by atoms with E-state index in [1.165, 1.54) is 6.92 Å². The summed E-state index contributed by atoms with van der Waals surface area (Å²) in [7, 11) is 3.68. The van der Waals surface area contributed by atoms with Crippen molar-refractivity contribution in [3.63, 3.8) is 0 Å². The Balaban J connectivity index is 1.97. The van der Waals surface area contributed by atoms with Gasteiger partial charge in [-0.05, 0) is 35.4 Å². The number of ether oxygens (including phenoxy) is 1. The van der Waals surface area contributed by atoms with Crippen LogP contribution in [-0.2, 0) is 18.3 Å². The molecule has 0 saturated heterocycles. The molecular weight excluding hydrogens is 314 g/mol. The van der Waals surface area contributed by atoms with E-state index in [4.69, 9.17) is 17.0 Å². The normalized spacial score (nSPS) is 10.4. The standard InChI is InChI=1S/C15H19N5O2S/c1-11(21)22-13-8-5-4-7-12(13)19(2)15(23)10-6-9-14-16-17-18-20(14)3/h4-5,7-8H,6,9-10H2,1-3H3. The van der Waals surface area contributed by atoms with Crippen LogP contribution in [0, 0.1) is 0 Å². The molecule has 2 rings (SSSR count). The fraction of sp³-hybridized carbons (Fsp3) is 0.400. The zero-order valence-corrected chi connectivity index (χ0v) is 14.2. The molecule has 7 nitrogen and oxygen atoms in total. The molecule has 0 bridgehead atoms. The molecule has 0 N–H and O–H groups in total. The van der Waals surface area contributed by atoms with Crippen molar-refractivity contribution in [2.45, 2.75) is 26.2 Å². The molecule has 0 fully saturated rings. The van der Waals surface area contributed by atoms with Crippen LogP contribution >= 0.6 is 12.2 Å². The van der Waals surface area contributed by atoms with Gasteiger partial charge in [-0.1, -0.05) is 24.4 Å². The number of benzene rings is 1. The molecule has 0 spiro atoms. The molecule has 0 aliphatic rings. The number of tetrazole rings is 1. The van der Waals surface area contributed by atoms with Crippen LogP contribution in [0.4, 0.5) is 5.69 Å². The Bertz CT molecular complexity index is 701. The zero-order chi connectivity index (χ0) is 16.8. The number of aromatic nitrogens is 4. The highest BCUT2D eigenvalue weighted by Gasteiger charge is 2.14. The van der Waals surface area contributed by atoms with Crippen LogP contribution in [0.5, 0.6) is 5.75 Å². The van der Waals surface area contributed by atoms with Crippen molar-refractivity contribution >= 4 is 28.9 Å². The van der Waals surface area contributed by atoms with E-state index in [2.05, 4.69) is 15.5 Å². The third-order valence-electron chi connectivity index (χ3n) is 3.35. The molecule has 0 saturated carbocycles. The molecular formula is C15H19N5O2S. The number of anilines is 1. The maximum Gasteiger partial charge on any atom is 0.308 e. The summed E-state index contributed by atoms with van der Waals surface area (Å²) in [5.41, 5.74) is 0.771. The molecule has 2 aromatic rings. The lowest BCUT2D eigenvalue weighted by molar-refractivity contribution is -0.131. The molecule has 0 radical (unpaired) electrons. The van der Waals surface area contributed by atoms with Crippen LogP contribution < -0.4 is 9.64 Å². The average molecular weight is 333 g/mol. The fourth-order valence-corrected chi connectivity index (χ4v) is 2.38. The summed E-state index contributed by atoms with van der Waals surface area (Å²) in [4.78, 5) is 13.8. The van der Waals surface area contributed by atoms with Gasteiger partial charge in [0, 0.05) is 27.4 Å². The van der Waals surface area contributed by atoms with Gasteiger partial charge in [-0.3, -0.25) is 4.79 Å². The van der Waals surface area contributed by atoms with E-state index in [0.29, 0.717) is 12.2 Å². The van der Waals surface area contributed by atoms with Crippen molar-refractivity contribution < 1.29 is 9.53 Å². The topological polar surface area (TPSA) is 73.1 Å². The molecule has 0 unspecified atom stereocenters. The van der Waals surface area contributed by atoms with E-state index in [9.17, 15) is 4.79 Å². The van der Waals surface area contributed by atoms with Crippen molar-refractivity contribution in [2.24, 2.45) is 7.05 Å². The first kappa shape index (κ1) is 17.0. The van der Waals surface area contributed by atoms with E-state index in [0.717, 1.165) is 29.3 Å². The number of carbonyl (C=O) groups is 1. The van der Waals surface area contributed by atoms with Crippen LogP contribution in [0.1, 0.15) is 25.6 Å². The van der Waals surface area contributed by atoms with Crippen molar-refractivity contribution in [1.82, 2.24) is 20.2 Å². The third kappa shape index (κ3) is 4.56. The molecule has 1 heterocycles. The highest BCUT2D eigenvalue weighted by molar-refractivity contribution is 7.80. The maximum atomic E-state index is 11.2. The monoisotopic (exact) mass is 333 g/mol. The SMILES string of the molecule is CC(=O)Oc1ccccc1N(C)C(=S)CCCc1nnnn1C. The van der Waals surface area contributed by atoms with Gasteiger partial charge in [0.2, 0.25) is 0 Å². The minimum atomic E-state index is -0.355. The van der Waals surface area contributed by atoms with E-state index >= 15 is 0 Å². The van der Waals surface area contributed by atoms with Crippen LogP contribution in [0.25, 0.3) is 0 Å². The predicted octanol–water partition coefficient (Wildman–Crippen LogP) is 1.92. The smallest absolute Gasteiger partial charge is 0.308 e. The number of aryl methyl sites for hydroxylation is 2. The quantitative estimate of drug-likeness (QED) is 0.454. The Hall–Kier alpha value is -2.35. The average Bonchev–Trinajstić information content (AvgIpc) is 2.92. The van der Waals surface area contributed by atoms with Gasteiger partial charge in [0.25, 0.3) is 0 Å². The van der Waals surface area contributed by atoms with E-state index < -0.39 is 0 Å². The summed E-state index contributed by atoms with van der Waals surface area (Å²) in [5.74, 6) is 0.977. The Morgan fingerprint density at radius 2 is 2.13 bits per heavy atom. The second-order valence-electron chi connectivity index (χ2n) is 5.09. The maximum absolute atomic E-state index is 11.2. The van der Waals surface area contributed by atoms with Crippen LogP contribution in [0.15, 0.2) is 24.3 Å². The predicted molar refractivity (Wildman–Crippen MR) is 90.5 cm³/mol. The molecule has 0 atom stereocenters. The van der Waals surface area contributed by atoms with Gasteiger partial charge in [0.15, 0.2) is 11.6 Å².